The van der Waals surface area contributed by atoms with E-state index in [1.54, 1.807) is 23.9 Å². The maximum Gasteiger partial charge on any atom is 0.326 e. The summed E-state index contributed by atoms with van der Waals surface area (Å²) < 4.78 is 1.57. The van der Waals surface area contributed by atoms with E-state index in [9.17, 15) is 9.59 Å². The largest absolute Gasteiger partial charge is 0.480 e. The summed E-state index contributed by atoms with van der Waals surface area (Å²) in [5, 5.41) is 11.6. The summed E-state index contributed by atoms with van der Waals surface area (Å²) in [7, 11) is 0. The Morgan fingerprint density at radius 3 is 2.79 bits per heavy atom. The topological polar surface area (TPSA) is 66.4 Å². The molecule has 0 aromatic heterocycles. The number of hydrogen-bond acceptors (Lipinski definition) is 3. The fraction of sp³-hybridized carbons (Fsp3) is 0.333. The van der Waals surface area contributed by atoms with Gasteiger partial charge in [-0.15, -0.1) is 0 Å². The third-order valence-electron chi connectivity index (χ3n) is 2.39. The molecule has 0 aliphatic carbocycles. The molecule has 19 heavy (non-hydrogen) atoms. The monoisotopic (exact) mass is 457 g/mol. The average molecular weight is 458 g/mol. The molecule has 1 amide bonds. The number of benzene rings is 1. The van der Waals surface area contributed by atoms with Gasteiger partial charge in [0.2, 0.25) is 0 Å². The Hall–Kier alpha value is -0.280. The van der Waals surface area contributed by atoms with Gasteiger partial charge in [0.05, 0.1) is 5.56 Å². The summed E-state index contributed by atoms with van der Waals surface area (Å²) in [4.78, 5) is 23.2. The highest BCUT2D eigenvalue weighted by atomic mass is 127. The summed E-state index contributed by atoms with van der Waals surface area (Å²) in [6.07, 6.45) is 2.31. The Morgan fingerprint density at radius 2 is 2.21 bits per heavy atom. The van der Waals surface area contributed by atoms with Crippen LogP contribution in [0.2, 0.25) is 0 Å². The standard InChI is InChI=1S/C12H13BrINO3S/c1-19-5-4-10(12(17)18)15-11(16)8-6-7(13)2-3-9(8)14/h2-3,6,10H,4-5H2,1H3,(H,15,16)(H,17,18). The molecule has 104 valence electrons. The second kappa shape index (κ2) is 8.11. The number of carbonyl (C=O) groups excluding carboxylic acids is 1. The van der Waals surface area contributed by atoms with Crippen LogP contribution < -0.4 is 5.32 Å². The lowest BCUT2D eigenvalue weighted by molar-refractivity contribution is -0.139. The smallest absolute Gasteiger partial charge is 0.326 e. The number of carboxylic acid groups (broad SMARTS) is 1. The van der Waals surface area contributed by atoms with E-state index in [4.69, 9.17) is 5.11 Å². The zero-order valence-electron chi connectivity index (χ0n) is 10.2. The van der Waals surface area contributed by atoms with Crippen LogP contribution in [-0.2, 0) is 4.79 Å². The zero-order valence-corrected chi connectivity index (χ0v) is 14.7. The van der Waals surface area contributed by atoms with Gasteiger partial charge in [-0.25, -0.2) is 4.79 Å². The van der Waals surface area contributed by atoms with Gasteiger partial charge in [-0.05, 0) is 59.2 Å². The normalized spacial score (nSPS) is 11.9. The summed E-state index contributed by atoms with van der Waals surface area (Å²) in [6.45, 7) is 0. The summed E-state index contributed by atoms with van der Waals surface area (Å²) in [5.74, 6) is -0.682. The number of nitrogens with one attached hydrogen (secondary N) is 1. The Morgan fingerprint density at radius 1 is 1.53 bits per heavy atom. The predicted molar refractivity (Wildman–Crippen MR) is 88.7 cm³/mol. The van der Waals surface area contributed by atoms with Crippen molar-refractivity contribution in [3.05, 3.63) is 31.8 Å². The summed E-state index contributed by atoms with van der Waals surface area (Å²) in [6, 6.07) is 4.47. The highest BCUT2D eigenvalue weighted by Crippen LogP contribution is 2.18. The fourth-order valence-corrected chi connectivity index (χ4v) is 2.81. The number of carboxylic acids is 1. The maximum absolute atomic E-state index is 12.1. The van der Waals surface area contributed by atoms with E-state index in [2.05, 4.69) is 43.8 Å². The minimum Gasteiger partial charge on any atom is -0.480 e. The second-order valence-corrected chi connectivity index (χ2v) is 6.83. The van der Waals surface area contributed by atoms with Crippen LogP contribution in [0, 0.1) is 3.57 Å². The quantitative estimate of drug-likeness (QED) is 0.644. The van der Waals surface area contributed by atoms with Crippen molar-refractivity contribution in [2.24, 2.45) is 0 Å². The van der Waals surface area contributed by atoms with E-state index in [0.29, 0.717) is 17.7 Å². The second-order valence-electron chi connectivity index (χ2n) is 3.77. The lowest BCUT2D eigenvalue weighted by atomic mass is 10.1. The van der Waals surface area contributed by atoms with Crippen LogP contribution >= 0.6 is 50.3 Å². The zero-order chi connectivity index (χ0) is 14.4. The highest BCUT2D eigenvalue weighted by molar-refractivity contribution is 14.1. The minimum absolute atomic E-state index is 0.362. The number of amides is 1. The van der Waals surface area contributed by atoms with Gasteiger partial charge in [-0.2, -0.15) is 11.8 Å². The molecular weight excluding hydrogens is 445 g/mol. The average Bonchev–Trinajstić information content (AvgIpc) is 2.36. The molecule has 0 heterocycles. The van der Waals surface area contributed by atoms with Gasteiger partial charge in [0.25, 0.3) is 5.91 Å². The van der Waals surface area contributed by atoms with E-state index in [-0.39, 0.29) is 5.91 Å². The van der Waals surface area contributed by atoms with Crippen LogP contribution in [0.1, 0.15) is 16.8 Å². The Kier molecular flexibility index (Phi) is 7.16. The highest BCUT2D eigenvalue weighted by Gasteiger charge is 2.21. The molecule has 0 spiro atoms. The van der Waals surface area contributed by atoms with E-state index in [0.717, 1.165) is 8.04 Å². The molecule has 0 saturated carbocycles. The number of halogens is 2. The number of rotatable bonds is 6. The van der Waals surface area contributed by atoms with Crippen LogP contribution in [0.15, 0.2) is 22.7 Å². The number of thioether (sulfide) groups is 1. The van der Waals surface area contributed by atoms with Crippen molar-refractivity contribution in [2.75, 3.05) is 12.0 Å². The third kappa shape index (κ3) is 5.31. The first-order valence-electron chi connectivity index (χ1n) is 5.43. The molecule has 7 heteroatoms. The lowest BCUT2D eigenvalue weighted by Gasteiger charge is -2.14. The first-order chi connectivity index (χ1) is 8.95. The molecule has 4 nitrogen and oxygen atoms in total. The Bertz CT molecular complexity index is 484. The molecule has 1 rings (SSSR count). The first-order valence-corrected chi connectivity index (χ1v) is 8.70. The van der Waals surface area contributed by atoms with Crippen LogP contribution in [0.4, 0.5) is 0 Å². The van der Waals surface area contributed by atoms with Crippen LogP contribution in [-0.4, -0.2) is 35.0 Å². The number of hydrogen-bond donors (Lipinski definition) is 2. The molecular formula is C12H13BrINO3S. The summed E-state index contributed by atoms with van der Waals surface area (Å²) >= 11 is 6.90. The molecule has 1 aromatic rings. The Balaban J connectivity index is 2.81. The molecule has 0 aliphatic rings. The van der Waals surface area contributed by atoms with Gasteiger partial charge < -0.3 is 10.4 Å². The number of aliphatic carboxylic acids is 1. The molecule has 0 fully saturated rings. The predicted octanol–water partition coefficient (Wildman–Crippen LogP) is 2.99. The van der Waals surface area contributed by atoms with Crippen LogP contribution in [0.25, 0.3) is 0 Å². The van der Waals surface area contributed by atoms with Crippen molar-refractivity contribution in [3.8, 4) is 0 Å². The summed E-state index contributed by atoms with van der Waals surface area (Å²) in [5.41, 5.74) is 0.477. The first kappa shape index (κ1) is 16.8. The van der Waals surface area contributed by atoms with Crippen molar-refractivity contribution in [1.82, 2.24) is 5.32 Å². The molecule has 1 unspecified atom stereocenters. The molecule has 0 aliphatic heterocycles. The molecule has 2 N–H and O–H groups in total. The van der Waals surface area contributed by atoms with Crippen molar-refractivity contribution in [3.63, 3.8) is 0 Å². The molecule has 0 bridgehead atoms. The van der Waals surface area contributed by atoms with Gasteiger partial charge in [0.15, 0.2) is 0 Å². The maximum atomic E-state index is 12.1. The third-order valence-corrected chi connectivity index (χ3v) is 4.46. The van der Waals surface area contributed by atoms with Crippen LogP contribution in [0.3, 0.4) is 0 Å². The number of carbonyl (C=O) groups is 2. The molecule has 0 radical (unpaired) electrons. The van der Waals surface area contributed by atoms with Crippen molar-refractivity contribution < 1.29 is 14.7 Å². The van der Waals surface area contributed by atoms with Crippen LogP contribution in [0.5, 0.6) is 0 Å². The van der Waals surface area contributed by atoms with Gasteiger partial charge in [-0.1, -0.05) is 15.9 Å². The van der Waals surface area contributed by atoms with E-state index in [1.807, 2.05) is 12.3 Å². The van der Waals surface area contributed by atoms with E-state index >= 15 is 0 Å². The van der Waals surface area contributed by atoms with E-state index in [1.165, 1.54) is 0 Å². The van der Waals surface area contributed by atoms with E-state index < -0.39 is 12.0 Å². The van der Waals surface area contributed by atoms with Crippen molar-refractivity contribution in [2.45, 2.75) is 12.5 Å². The van der Waals surface area contributed by atoms with Crippen molar-refractivity contribution in [1.29, 1.82) is 0 Å². The van der Waals surface area contributed by atoms with Gasteiger partial charge in [0.1, 0.15) is 6.04 Å². The lowest BCUT2D eigenvalue weighted by Crippen LogP contribution is -2.41. The van der Waals surface area contributed by atoms with Crippen molar-refractivity contribution >= 4 is 62.2 Å². The molecule has 1 atom stereocenters. The minimum atomic E-state index is -1.01. The molecule has 0 saturated heterocycles. The Labute approximate surface area is 138 Å². The van der Waals surface area contributed by atoms with Gasteiger partial charge in [-0.3, -0.25) is 4.79 Å². The molecule has 1 aromatic carbocycles. The van der Waals surface area contributed by atoms with Gasteiger partial charge >= 0.3 is 5.97 Å². The SMILES string of the molecule is CSCCC(NC(=O)c1cc(Br)ccc1I)C(=O)O. The fourth-order valence-electron chi connectivity index (χ4n) is 1.40. The van der Waals surface area contributed by atoms with Gasteiger partial charge in [0, 0.05) is 8.04 Å².